The maximum Gasteiger partial charge on any atom is 0.243 e. The van der Waals surface area contributed by atoms with Crippen molar-refractivity contribution in [3.05, 3.63) is 64.7 Å². The number of carbonyl (C=O) groups is 2. The van der Waals surface area contributed by atoms with Gasteiger partial charge in [-0.25, -0.2) is 8.42 Å². The molecular formula is C24H32ClN3O4S. The number of rotatable bonds is 11. The summed E-state index contributed by atoms with van der Waals surface area (Å²) in [6.07, 6.45) is 1.16. The van der Waals surface area contributed by atoms with Crippen molar-refractivity contribution in [3.63, 3.8) is 0 Å². The second-order valence-corrected chi connectivity index (χ2v) is 10.4. The number of amides is 2. The number of hydrogen-bond donors (Lipinski definition) is 1. The lowest BCUT2D eigenvalue weighted by Crippen LogP contribution is -2.51. The van der Waals surface area contributed by atoms with Crippen molar-refractivity contribution in [2.24, 2.45) is 0 Å². The molecule has 0 bridgehead atoms. The third-order valence-corrected chi connectivity index (χ3v) is 7.36. The van der Waals surface area contributed by atoms with Crippen molar-refractivity contribution < 1.29 is 18.0 Å². The van der Waals surface area contributed by atoms with Crippen LogP contribution in [-0.4, -0.2) is 55.6 Å². The van der Waals surface area contributed by atoms with E-state index in [1.54, 1.807) is 36.4 Å². The topological polar surface area (TPSA) is 86.8 Å². The third-order valence-electron chi connectivity index (χ3n) is 5.29. The van der Waals surface area contributed by atoms with Gasteiger partial charge in [-0.05, 0) is 49.6 Å². The summed E-state index contributed by atoms with van der Waals surface area (Å²) in [5, 5.41) is 3.41. The van der Waals surface area contributed by atoms with E-state index in [1.165, 1.54) is 24.1 Å². The minimum Gasteiger partial charge on any atom is -0.354 e. The summed E-state index contributed by atoms with van der Waals surface area (Å²) >= 11 is 5.98. The molecule has 2 aromatic carbocycles. The zero-order chi connectivity index (χ0) is 24.6. The lowest BCUT2D eigenvalue weighted by Gasteiger charge is -2.32. The smallest absolute Gasteiger partial charge is 0.243 e. The molecule has 1 N–H and O–H groups in total. The van der Waals surface area contributed by atoms with E-state index in [-0.39, 0.29) is 23.9 Å². The first-order valence-corrected chi connectivity index (χ1v) is 12.8. The highest BCUT2D eigenvalue weighted by Crippen LogP contribution is 2.18. The van der Waals surface area contributed by atoms with Gasteiger partial charge in [0.25, 0.3) is 0 Å². The molecule has 9 heteroatoms. The van der Waals surface area contributed by atoms with Crippen LogP contribution in [0.5, 0.6) is 0 Å². The number of aryl methyl sites for hydroxylation is 1. The van der Waals surface area contributed by atoms with Crippen molar-refractivity contribution in [2.75, 3.05) is 20.1 Å². The lowest BCUT2D eigenvalue weighted by molar-refractivity contribution is -0.141. The van der Waals surface area contributed by atoms with Gasteiger partial charge in [0.1, 0.15) is 6.04 Å². The number of benzene rings is 2. The molecule has 180 valence electrons. The molecule has 0 aliphatic heterocycles. The van der Waals surface area contributed by atoms with Crippen LogP contribution >= 0.6 is 11.6 Å². The van der Waals surface area contributed by atoms with Crippen LogP contribution in [0.1, 0.15) is 37.8 Å². The van der Waals surface area contributed by atoms with Crippen LogP contribution in [-0.2, 0) is 26.2 Å². The minimum absolute atomic E-state index is 0.111. The summed E-state index contributed by atoms with van der Waals surface area (Å²) in [6.45, 7) is 5.91. The van der Waals surface area contributed by atoms with E-state index in [4.69, 9.17) is 11.6 Å². The van der Waals surface area contributed by atoms with Crippen LogP contribution in [0.3, 0.4) is 0 Å². The van der Waals surface area contributed by atoms with Crippen molar-refractivity contribution in [3.8, 4) is 0 Å². The Bertz CT molecular complexity index is 1040. The Kier molecular flexibility index (Phi) is 9.88. The maximum atomic E-state index is 13.3. The molecule has 0 aromatic heterocycles. The third kappa shape index (κ3) is 7.28. The molecule has 2 amide bonds. The van der Waals surface area contributed by atoms with E-state index in [2.05, 4.69) is 5.32 Å². The molecule has 0 saturated carbocycles. The van der Waals surface area contributed by atoms with E-state index >= 15 is 0 Å². The summed E-state index contributed by atoms with van der Waals surface area (Å²) in [5.41, 5.74) is 1.73. The standard InChI is InChI=1S/C24H32ClN3O4S/c1-5-15-26-24(30)22(6-2)28(16-19-9-11-20(25)12-10-19)23(29)17-27(4)33(31,32)21-13-7-18(3)8-14-21/h7-14,22H,5-6,15-17H2,1-4H3,(H,26,30)/t22-/m1/s1. The maximum absolute atomic E-state index is 13.3. The summed E-state index contributed by atoms with van der Waals surface area (Å²) in [5.74, 6) is -0.715. The van der Waals surface area contributed by atoms with Gasteiger partial charge in [0.2, 0.25) is 21.8 Å². The Morgan fingerprint density at radius 1 is 1.03 bits per heavy atom. The van der Waals surface area contributed by atoms with Crippen molar-refractivity contribution >= 4 is 33.4 Å². The molecule has 0 aliphatic rings. The van der Waals surface area contributed by atoms with Crippen LogP contribution < -0.4 is 5.32 Å². The molecule has 0 unspecified atom stereocenters. The van der Waals surface area contributed by atoms with Crippen LogP contribution in [0.25, 0.3) is 0 Å². The molecule has 2 aromatic rings. The van der Waals surface area contributed by atoms with Crippen molar-refractivity contribution in [2.45, 2.75) is 51.1 Å². The molecule has 1 atom stereocenters. The zero-order valence-electron chi connectivity index (χ0n) is 19.5. The van der Waals surface area contributed by atoms with Gasteiger partial charge in [0.15, 0.2) is 0 Å². The number of nitrogens with zero attached hydrogens (tertiary/aromatic N) is 2. The fourth-order valence-electron chi connectivity index (χ4n) is 3.33. The Balaban J connectivity index is 2.29. The average Bonchev–Trinajstić information content (AvgIpc) is 2.78. The summed E-state index contributed by atoms with van der Waals surface area (Å²) in [7, 11) is -2.50. The molecule has 33 heavy (non-hydrogen) atoms. The van der Waals surface area contributed by atoms with E-state index in [0.29, 0.717) is 18.0 Å². The van der Waals surface area contributed by atoms with Crippen LogP contribution in [0, 0.1) is 6.92 Å². The summed E-state index contributed by atoms with van der Waals surface area (Å²) in [4.78, 5) is 27.7. The summed E-state index contributed by atoms with van der Waals surface area (Å²) < 4.78 is 27.0. The Hall–Kier alpha value is -2.42. The average molecular weight is 494 g/mol. The number of likely N-dealkylation sites (N-methyl/N-ethyl adjacent to an activating group) is 1. The monoisotopic (exact) mass is 493 g/mol. The van der Waals surface area contributed by atoms with E-state index in [0.717, 1.165) is 21.9 Å². The normalized spacial score (nSPS) is 12.4. The Morgan fingerprint density at radius 3 is 2.18 bits per heavy atom. The number of halogens is 1. The number of sulfonamides is 1. The minimum atomic E-state index is -3.86. The molecule has 7 nitrogen and oxygen atoms in total. The van der Waals surface area contributed by atoms with Gasteiger partial charge < -0.3 is 10.2 Å². The van der Waals surface area contributed by atoms with Crippen molar-refractivity contribution in [1.82, 2.24) is 14.5 Å². The fourth-order valence-corrected chi connectivity index (χ4v) is 4.57. The first-order chi connectivity index (χ1) is 15.6. The molecule has 0 heterocycles. The van der Waals surface area contributed by atoms with Gasteiger partial charge in [-0.1, -0.05) is 55.3 Å². The zero-order valence-corrected chi connectivity index (χ0v) is 21.1. The SMILES string of the molecule is CCCNC(=O)[C@@H](CC)N(Cc1ccc(Cl)cc1)C(=O)CN(C)S(=O)(=O)c1ccc(C)cc1. The first kappa shape index (κ1) is 26.8. The molecule has 0 fully saturated rings. The molecule has 0 radical (unpaired) electrons. The van der Waals surface area contributed by atoms with Gasteiger partial charge in [0, 0.05) is 25.2 Å². The van der Waals surface area contributed by atoms with E-state index in [1.807, 2.05) is 20.8 Å². The Morgan fingerprint density at radius 2 is 1.64 bits per heavy atom. The van der Waals surface area contributed by atoms with Crippen molar-refractivity contribution in [1.29, 1.82) is 0 Å². The molecule has 0 spiro atoms. The largest absolute Gasteiger partial charge is 0.354 e. The van der Waals surface area contributed by atoms with Crippen LogP contribution in [0.2, 0.25) is 5.02 Å². The highest BCUT2D eigenvalue weighted by Gasteiger charge is 2.31. The fraction of sp³-hybridized carbons (Fsp3) is 0.417. The Labute approximate surface area is 201 Å². The number of carbonyl (C=O) groups excluding carboxylic acids is 2. The van der Waals surface area contributed by atoms with Crippen LogP contribution in [0.15, 0.2) is 53.4 Å². The molecule has 2 rings (SSSR count). The predicted molar refractivity (Wildman–Crippen MR) is 130 cm³/mol. The molecule has 0 aliphatic carbocycles. The summed E-state index contributed by atoms with van der Waals surface area (Å²) in [6, 6.07) is 12.7. The second-order valence-electron chi connectivity index (χ2n) is 7.94. The second kappa shape index (κ2) is 12.2. The lowest BCUT2D eigenvalue weighted by atomic mass is 10.1. The highest BCUT2D eigenvalue weighted by atomic mass is 35.5. The van der Waals surface area contributed by atoms with Gasteiger partial charge in [-0.3, -0.25) is 9.59 Å². The van der Waals surface area contributed by atoms with Gasteiger partial charge >= 0.3 is 0 Å². The van der Waals surface area contributed by atoms with Crippen LogP contribution in [0.4, 0.5) is 0 Å². The highest BCUT2D eigenvalue weighted by molar-refractivity contribution is 7.89. The number of hydrogen-bond acceptors (Lipinski definition) is 4. The van der Waals surface area contributed by atoms with Gasteiger partial charge in [0.05, 0.1) is 11.4 Å². The quantitative estimate of drug-likeness (QED) is 0.518. The number of nitrogens with one attached hydrogen (secondary N) is 1. The predicted octanol–water partition coefficient (Wildman–Crippen LogP) is 3.60. The van der Waals surface area contributed by atoms with Gasteiger partial charge in [-0.2, -0.15) is 4.31 Å². The van der Waals surface area contributed by atoms with E-state index < -0.39 is 22.0 Å². The molecule has 0 saturated heterocycles. The first-order valence-electron chi connectivity index (χ1n) is 10.9. The van der Waals surface area contributed by atoms with Gasteiger partial charge in [-0.15, -0.1) is 0 Å². The molecular weight excluding hydrogens is 462 g/mol. The van der Waals surface area contributed by atoms with E-state index in [9.17, 15) is 18.0 Å².